The normalized spacial score (nSPS) is 11.9. The van der Waals surface area contributed by atoms with E-state index in [1.165, 1.54) is 12.1 Å². The third-order valence-corrected chi connectivity index (χ3v) is 3.29. The minimum atomic E-state index is -0.930. The van der Waals surface area contributed by atoms with Crippen LogP contribution in [0.1, 0.15) is 17.9 Å². The molecule has 0 saturated carbocycles. The van der Waals surface area contributed by atoms with Crippen molar-refractivity contribution in [3.63, 3.8) is 0 Å². The van der Waals surface area contributed by atoms with Gasteiger partial charge in [-0.05, 0) is 36.2 Å². The number of carbonyl (C=O) groups is 1. The van der Waals surface area contributed by atoms with Crippen molar-refractivity contribution in [1.82, 2.24) is 0 Å². The Labute approximate surface area is 126 Å². The molecule has 0 heterocycles. The monoisotopic (exact) mass is 308 g/mol. The van der Waals surface area contributed by atoms with Crippen LogP contribution < -0.4 is 4.74 Å². The predicted molar refractivity (Wildman–Crippen MR) is 78.3 cm³/mol. The second-order valence-corrected chi connectivity index (χ2v) is 4.97. The number of carboxylic acid groups (broad SMARTS) is 1. The summed E-state index contributed by atoms with van der Waals surface area (Å²) < 4.78 is 18.4. The molecule has 0 aliphatic carbocycles. The van der Waals surface area contributed by atoms with Crippen LogP contribution in [0.25, 0.3) is 0 Å². The first-order valence-corrected chi connectivity index (χ1v) is 6.80. The molecule has 0 bridgehead atoms. The number of hydrogen-bond donors (Lipinski definition) is 1. The van der Waals surface area contributed by atoms with E-state index in [4.69, 9.17) is 16.3 Å². The van der Waals surface area contributed by atoms with Crippen molar-refractivity contribution in [2.75, 3.05) is 6.61 Å². The smallest absolute Gasteiger partial charge is 0.311 e. The maximum atomic E-state index is 13.0. The fraction of sp³-hybridized carbons (Fsp3) is 0.188. The summed E-state index contributed by atoms with van der Waals surface area (Å²) in [6, 6.07) is 12.4. The SMILES string of the molecule is O=C(O)C(CCOc1cccc(F)c1)c1ccc(Cl)cc1. The number of benzene rings is 2. The molecule has 21 heavy (non-hydrogen) atoms. The van der Waals surface area contributed by atoms with Crippen molar-refractivity contribution in [2.45, 2.75) is 12.3 Å². The lowest BCUT2D eigenvalue weighted by atomic mass is 9.96. The highest BCUT2D eigenvalue weighted by Crippen LogP contribution is 2.23. The molecular formula is C16H14ClFO3. The summed E-state index contributed by atoms with van der Waals surface area (Å²) in [5, 5.41) is 9.84. The highest BCUT2D eigenvalue weighted by atomic mass is 35.5. The summed E-state index contributed by atoms with van der Waals surface area (Å²) >= 11 is 5.79. The highest BCUT2D eigenvalue weighted by Gasteiger charge is 2.19. The van der Waals surface area contributed by atoms with Crippen LogP contribution in [0.3, 0.4) is 0 Å². The molecule has 0 fully saturated rings. The molecule has 5 heteroatoms. The van der Waals surface area contributed by atoms with E-state index in [2.05, 4.69) is 0 Å². The predicted octanol–water partition coefficient (Wildman–Crippen LogP) is 4.12. The lowest BCUT2D eigenvalue weighted by Crippen LogP contribution is -2.15. The number of aliphatic carboxylic acids is 1. The Morgan fingerprint density at radius 3 is 2.57 bits per heavy atom. The molecule has 3 nitrogen and oxygen atoms in total. The fourth-order valence-electron chi connectivity index (χ4n) is 1.98. The quantitative estimate of drug-likeness (QED) is 0.873. The molecule has 1 N–H and O–H groups in total. The molecule has 0 radical (unpaired) electrons. The van der Waals surface area contributed by atoms with Gasteiger partial charge in [0.2, 0.25) is 0 Å². The average molecular weight is 309 g/mol. The Hall–Kier alpha value is -2.07. The van der Waals surface area contributed by atoms with Crippen molar-refractivity contribution in [2.24, 2.45) is 0 Å². The molecule has 0 aliphatic rings. The van der Waals surface area contributed by atoms with Crippen LogP contribution >= 0.6 is 11.6 Å². The molecule has 2 rings (SSSR count). The van der Waals surface area contributed by atoms with Crippen molar-refractivity contribution in [1.29, 1.82) is 0 Å². The fourth-order valence-corrected chi connectivity index (χ4v) is 2.11. The van der Waals surface area contributed by atoms with E-state index in [1.54, 1.807) is 36.4 Å². The second-order valence-electron chi connectivity index (χ2n) is 4.54. The average Bonchev–Trinajstić information content (AvgIpc) is 2.45. The van der Waals surface area contributed by atoms with E-state index < -0.39 is 11.9 Å². The molecule has 0 aliphatic heterocycles. The van der Waals surface area contributed by atoms with Crippen LogP contribution in [0.5, 0.6) is 5.75 Å². The number of ether oxygens (including phenoxy) is 1. The first kappa shape index (κ1) is 15.3. The van der Waals surface area contributed by atoms with Crippen molar-refractivity contribution < 1.29 is 19.0 Å². The third-order valence-electron chi connectivity index (χ3n) is 3.04. The standard InChI is InChI=1S/C16H14ClFO3/c17-12-6-4-11(5-7-12)15(16(19)20)8-9-21-14-3-1-2-13(18)10-14/h1-7,10,15H,8-9H2,(H,19,20). The molecule has 110 valence electrons. The molecule has 2 aromatic carbocycles. The van der Waals surface area contributed by atoms with Crippen LogP contribution in [0.15, 0.2) is 48.5 Å². The Kier molecular flexibility index (Phi) is 5.17. The van der Waals surface area contributed by atoms with E-state index in [1.807, 2.05) is 0 Å². The third kappa shape index (κ3) is 4.46. The molecule has 1 atom stereocenters. The first-order valence-electron chi connectivity index (χ1n) is 6.43. The van der Waals surface area contributed by atoms with Gasteiger partial charge in [0.25, 0.3) is 0 Å². The molecule has 0 aromatic heterocycles. The van der Waals surface area contributed by atoms with Gasteiger partial charge in [0, 0.05) is 11.1 Å². The van der Waals surface area contributed by atoms with Gasteiger partial charge in [-0.1, -0.05) is 29.8 Å². The Bertz CT molecular complexity index is 613. The maximum Gasteiger partial charge on any atom is 0.311 e. The number of carboxylic acids is 1. The molecule has 0 saturated heterocycles. The Morgan fingerprint density at radius 2 is 1.95 bits per heavy atom. The van der Waals surface area contributed by atoms with Crippen molar-refractivity contribution >= 4 is 17.6 Å². The zero-order valence-electron chi connectivity index (χ0n) is 11.1. The number of halogens is 2. The van der Waals surface area contributed by atoms with Gasteiger partial charge in [-0.15, -0.1) is 0 Å². The minimum absolute atomic E-state index is 0.184. The summed E-state index contributed by atoms with van der Waals surface area (Å²) in [4.78, 5) is 11.3. The van der Waals surface area contributed by atoms with E-state index in [9.17, 15) is 14.3 Å². The van der Waals surface area contributed by atoms with Crippen LogP contribution in [0.4, 0.5) is 4.39 Å². The molecule has 2 aromatic rings. The van der Waals surface area contributed by atoms with Crippen LogP contribution in [-0.4, -0.2) is 17.7 Å². The van der Waals surface area contributed by atoms with Crippen LogP contribution in [0.2, 0.25) is 5.02 Å². The molecular weight excluding hydrogens is 295 g/mol. The number of hydrogen-bond acceptors (Lipinski definition) is 2. The summed E-state index contributed by atoms with van der Waals surface area (Å²) in [5.74, 6) is -1.62. The van der Waals surface area contributed by atoms with Gasteiger partial charge >= 0.3 is 5.97 Å². The first-order chi connectivity index (χ1) is 10.1. The van der Waals surface area contributed by atoms with Gasteiger partial charge in [0.15, 0.2) is 0 Å². The summed E-state index contributed by atoms with van der Waals surface area (Å²) in [6.45, 7) is 0.184. The minimum Gasteiger partial charge on any atom is -0.493 e. The zero-order chi connectivity index (χ0) is 15.2. The molecule has 1 unspecified atom stereocenters. The van der Waals surface area contributed by atoms with E-state index in [-0.39, 0.29) is 18.8 Å². The molecule has 0 amide bonds. The van der Waals surface area contributed by atoms with Crippen LogP contribution in [0, 0.1) is 5.82 Å². The topological polar surface area (TPSA) is 46.5 Å². The number of rotatable bonds is 6. The van der Waals surface area contributed by atoms with Crippen molar-refractivity contribution in [3.05, 3.63) is 64.9 Å². The Morgan fingerprint density at radius 1 is 1.24 bits per heavy atom. The lowest BCUT2D eigenvalue weighted by molar-refractivity contribution is -0.139. The van der Waals surface area contributed by atoms with Gasteiger partial charge in [-0.25, -0.2) is 4.39 Å². The van der Waals surface area contributed by atoms with E-state index in [0.717, 1.165) is 0 Å². The van der Waals surface area contributed by atoms with E-state index >= 15 is 0 Å². The molecule has 0 spiro atoms. The van der Waals surface area contributed by atoms with Gasteiger partial charge in [0.05, 0.1) is 12.5 Å². The largest absolute Gasteiger partial charge is 0.493 e. The van der Waals surface area contributed by atoms with Gasteiger partial charge < -0.3 is 9.84 Å². The summed E-state index contributed by atoms with van der Waals surface area (Å²) in [6.07, 6.45) is 0.285. The lowest BCUT2D eigenvalue weighted by Gasteiger charge is -2.13. The van der Waals surface area contributed by atoms with E-state index in [0.29, 0.717) is 16.3 Å². The maximum absolute atomic E-state index is 13.0. The zero-order valence-corrected chi connectivity index (χ0v) is 11.9. The Balaban J connectivity index is 1.98. The van der Waals surface area contributed by atoms with Gasteiger partial charge in [-0.2, -0.15) is 0 Å². The van der Waals surface area contributed by atoms with Gasteiger partial charge in [0.1, 0.15) is 11.6 Å². The van der Waals surface area contributed by atoms with Gasteiger partial charge in [-0.3, -0.25) is 4.79 Å². The second kappa shape index (κ2) is 7.09. The highest BCUT2D eigenvalue weighted by molar-refractivity contribution is 6.30. The van der Waals surface area contributed by atoms with Crippen molar-refractivity contribution in [3.8, 4) is 5.75 Å². The summed E-state index contributed by atoms with van der Waals surface area (Å²) in [5.41, 5.74) is 0.662. The summed E-state index contributed by atoms with van der Waals surface area (Å²) in [7, 11) is 0. The van der Waals surface area contributed by atoms with Crippen LogP contribution in [-0.2, 0) is 4.79 Å².